The second kappa shape index (κ2) is 4.19. The van der Waals surface area contributed by atoms with E-state index >= 15 is 0 Å². The first-order valence-corrected chi connectivity index (χ1v) is 5.98. The van der Waals surface area contributed by atoms with Crippen LogP contribution in [-0.4, -0.2) is 13.2 Å². The summed E-state index contributed by atoms with van der Waals surface area (Å²) in [6.45, 7) is 8.03. The van der Waals surface area contributed by atoms with E-state index in [2.05, 4.69) is 32.9 Å². The molecule has 0 saturated carbocycles. The first-order valence-electron chi connectivity index (χ1n) is 5.98. The maximum atomic E-state index is 6.55. The molecule has 2 nitrogen and oxygen atoms in total. The van der Waals surface area contributed by atoms with Crippen molar-refractivity contribution in [2.45, 2.75) is 39.2 Å². The molecule has 1 saturated heterocycles. The van der Waals surface area contributed by atoms with E-state index in [1.807, 2.05) is 0 Å². The van der Waals surface area contributed by atoms with Gasteiger partial charge in [-0.2, -0.15) is 0 Å². The minimum Gasteiger partial charge on any atom is -0.381 e. The summed E-state index contributed by atoms with van der Waals surface area (Å²) in [7, 11) is 0. The van der Waals surface area contributed by atoms with Crippen LogP contribution in [0, 0.1) is 20.8 Å². The molecule has 2 N–H and O–H groups in total. The normalized spacial score (nSPS) is 19.8. The van der Waals surface area contributed by atoms with Crippen molar-refractivity contribution in [1.82, 2.24) is 0 Å². The zero-order chi connectivity index (χ0) is 11.8. The van der Waals surface area contributed by atoms with Crippen LogP contribution in [0.5, 0.6) is 0 Å². The molecule has 0 unspecified atom stereocenters. The van der Waals surface area contributed by atoms with E-state index in [1.165, 1.54) is 22.3 Å². The summed E-state index contributed by atoms with van der Waals surface area (Å²) in [5.74, 6) is 0. The number of benzene rings is 1. The molecule has 16 heavy (non-hydrogen) atoms. The van der Waals surface area contributed by atoms with E-state index in [-0.39, 0.29) is 5.54 Å². The summed E-state index contributed by atoms with van der Waals surface area (Å²) in [4.78, 5) is 0. The lowest BCUT2D eigenvalue weighted by Crippen LogP contribution is -2.43. The topological polar surface area (TPSA) is 35.2 Å². The maximum Gasteiger partial charge on any atom is 0.0486 e. The lowest BCUT2D eigenvalue weighted by Gasteiger charge is -2.36. The molecule has 1 fully saturated rings. The first-order chi connectivity index (χ1) is 7.53. The van der Waals surface area contributed by atoms with Gasteiger partial charge < -0.3 is 10.5 Å². The van der Waals surface area contributed by atoms with Gasteiger partial charge >= 0.3 is 0 Å². The highest BCUT2D eigenvalue weighted by Crippen LogP contribution is 2.34. The first kappa shape index (κ1) is 11.6. The Morgan fingerprint density at radius 1 is 1.06 bits per heavy atom. The lowest BCUT2D eigenvalue weighted by molar-refractivity contribution is 0.0518. The molecule has 0 aromatic heterocycles. The third kappa shape index (κ3) is 2.00. The van der Waals surface area contributed by atoms with Gasteiger partial charge in [0.25, 0.3) is 0 Å². The summed E-state index contributed by atoms with van der Waals surface area (Å²) in [6.07, 6.45) is 1.86. The summed E-state index contributed by atoms with van der Waals surface area (Å²) >= 11 is 0. The average Bonchev–Trinajstić information content (AvgIpc) is 2.16. The van der Waals surface area contributed by atoms with E-state index in [0.717, 1.165) is 26.1 Å². The van der Waals surface area contributed by atoms with Gasteiger partial charge in [0.2, 0.25) is 0 Å². The Kier molecular flexibility index (Phi) is 3.04. The SMILES string of the molecule is Cc1cc(C)c(C2(N)CCOCC2)c(C)c1. The number of hydrogen-bond donors (Lipinski definition) is 1. The Morgan fingerprint density at radius 3 is 2.06 bits per heavy atom. The van der Waals surface area contributed by atoms with Crippen molar-refractivity contribution in [2.24, 2.45) is 5.73 Å². The molecule has 0 bridgehead atoms. The van der Waals surface area contributed by atoms with E-state index < -0.39 is 0 Å². The molecule has 1 heterocycles. The molecular formula is C14H21NO. The summed E-state index contributed by atoms with van der Waals surface area (Å²) in [5.41, 5.74) is 11.7. The Bertz CT molecular complexity index is 369. The molecule has 0 spiro atoms. The molecule has 0 radical (unpaired) electrons. The highest BCUT2D eigenvalue weighted by atomic mass is 16.5. The minimum atomic E-state index is -0.180. The van der Waals surface area contributed by atoms with Gasteiger partial charge in [0.15, 0.2) is 0 Å². The predicted octanol–water partition coefficient (Wildman–Crippen LogP) is 2.58. The van der Waals surface area contributed by atoms with Gasteiger partial charge in [0.05, 0.1) is 0 Å². The molecular weight excluding hydrogens is 198 g/mol. The van der Waals surface area contributed by atoms with Gasteiger partial charge in [-0.3, -0.25) is 0 Å². The highest BCUT2D eigenvalue weighted by molar-refractivity contribution is 5.42. The Hall–Kier alpha value is -0.860. The van der Waals surface area contributed by atoms with Crippen molar-refractivity contribution in [3.05, 3.63) is 34.4 Å². The maximum absolute atomic E-state index is 6.55. The second-order valence-corrected chi connectivity index (χ2v) is 5.04. The molecule has 1 aromatic carbocycles. The second-order valence-electron chi connectivity index (χ2n) is 5.04. The van der Waals surface area contributed by atoms with Gasteiger partial charge in [-0.05, 0) is 50.3 Å². The Balaban J connectivity index is 2.46. The van der Waals surface area contributed by atoms with E-state index in [0.29, 0.717) is 0 Å². The third-order valence-electron chi connectivity index (χ3n) is 3.56. The quantitative estimate of drug-likeness (QED) is 0.788. The van der Waals surface area contributed by atoms with Crippen molar-refractivity contribution in [3.63, 3.8) is 0 Å². The van der Waals surface area contributed by atoms with Crippen molar-refractivity contribution in [2.75, 3.05) is 13.2 Å². The van der Waals surface area contributed by atoms with Crippen LogP contribution in [0.2, 0.25) is 0 Å². The van der Waals surface area contributed by atoms with Crippen LogP contribution >= 0.6 is 0 Å². The van der Waals surface area contributed by atoms with Gasteiger partial charge in [-0.1, -0.05) is 17.7 Å². The summed E-state index contributed by atoms with van der Waals surface area (Å²) in [5, 5.41) is 0. The Labute approximate surface area is 97.8 Å². The van der Waals surface area contributed by atoms with Gasteiger partial charge in [0.1, 0.15) is 0 Å². The smallest absolute Gasteiger partial charge is 0.0486 e. The van der Waals surface area contributed by atoms with E-state index in [4.69, 9.17) is 10.5 Å². The third-order valence-corrected chi connectivity index (χ3v) is 3.56. The zero-order valence-corrected chi connectivity index (χ0v) is 10.5. The van der Waals surface area contributed by atoms with Crippen LogP contribution in [0.4, 0.5) is 0 Å². The number of aryl methyl sites for hydroxylation is 3. The Morgan fingerprint density at radius 2 is 1.56 bits per heavy atom. The fraction of sp³-hybridized carbons (Fsp3) is 0.571. The molecule has 0 atom stereocenters. The molecule has 0 aliphatic carbocycles. The molecule has 1 aliphatic rings. The fourth-order valence-corrected chi connectivity index (χ4v) is 2.95. The lowest BCUT2D eigenvalue weighted by atomic mass is 9.78. The van der Waals surface area contributed by atoms with Gasteiger partial charge in [-0.25, -0.2) is 0 Å². The fourth-order valence-electron chi connectivity index (χ4n) is 2.95. The minimum absolute atomic E-state index is 0.180. The van der Waals surface area contributed by atoms with Crippen molar-refractivity contribution in [1.29, 1.82) is 0 Å². The van der Waals surface area contributed by atoms with Crippen LogP contribution in [0.3, 0.4) is 0 Å². The number of rotatable bonds is 1. The molecule has 2 heteroatoms. The highest BCUT2D eigenvalue weighted by Gasteiger charge is 2.32. The van der Waals surface area contributed by atoms with Crippen LogP contribution in [-0.2, 0) is 10.3 Å². The summed E-state index contributed by atoms with van der Waals surface area (Å²) in [6, 6.07) is 4.46. The van der Waals surface area contributed by atoms with Gasteiger partial charge in [0, 0.05) is 18.8 Å². The molecule has 1 aliphatic heterocycles. The van der Waals surface area contributed by atoms with Gasteiger partial charge in [-0.15, -0.1) is 0 Å². The van der Waals surface area contributed by atoms with Crippen molar-refractivity contribution in [3.8, 4) is 0 Å². The molecule has 1 aromatic rings. The molecule has 88 valence electrons. The van der Waals surface area contributed by atoms with Crippen LogP contribution in [0.25, 0.3) is 0 Å². The van der Waals surface area contributed by atoms with Crippen LogP contribution < -0.4 is 5.73 Å². The van der Waals surface area contributed by atoms with Crippen LogP contribution in [0.15, 0.2) is 12.1 Å². The molecule has 2 rings (SSSR count). The predicted molar refractivity (Wildman–Crippen MR) is 66.6 cm³/mol. The number of hydrogen-bond acceptors (Lipinski definition) is 2. The summed E-state index contributed by atoms with van der Waals surface area (Å²) < 4.78 is 5.41. The van der Waals surface area contributed by atoms with Crippen LogP contribution in [0.1, 0.15) is 35.1 Å². The zero-order valence-electron chi connectivity index (χ0n) is 10.5. The average molecular weight is 219 g/mol. The molecule has 0 amide bonds. The van der Waals surface area contributed by atoms with Crippen molar-refractivity contribution >= 4 is 0 Å². The van der Waals surface area contributed by atoms with E-state index in [1.54, 1.807) is 0 Å². The largest absolute Gasteiger partial charge is 0.381 e. The standard InChI is InChI=1S/C14H21NO/c1-10-8-11(2)13(12(3)9-10)14(15)4-6-16-7-5-14/h8-9H,4-7,15H2,1-3H3. The number of ether oxygens (including phenoxy) is 1. The van der Waals surface area contributed by atoms with Crippen molar-refractivity contribution < 1.29 is 4.74 Å². The van der Waals surface area contributed by atoms with E-state index in [9.17, 15) is 0 Å². The monoisotopic (exact) mass is 219 g/mol. The number of nitrogens with two attached hydrogens (primary N) is 1.